The van der Waals surface area contributed by atoms with Crippen LogP contribution in [0.4, 0.5) is 11.4 Å². The summed E-state index contributed by atoms with van der Waals surface area (Å²) in [6.45, 7) is 6.58. The zero-order valence-electron chi connectivity index (χ0n) is 20.6. The zero-order chi connectivity index (χ0) is 24.4. The van der Waals surface area contributed by atoms with E-state index >= 15 is 0 Å². The summed E-state index contributed by atoms with van der Waals surface area (Å²) in [4.78, 5) is 29.9. The van der Waals surface area contributed by atoms with E-state index in [9.17, 15) is 9.59 Å². The molecule has 2 amide bonds. The van der Waals surface area contributed by atoms with E-state index in [4.69, 9.17) is 0 Å². The molecule has 2 aliphatic carbocycles. The fourth-order valence-corrected chi connectivity index (χ4v) is 4.61. The van der Waals surface area contributed by atoms with E-state index in [1.807, 2.05) is 30.3 Å². The van der Waals surface area contributed by atoms with Crippen LogP contribution in [0.15, 0.2) is 41.4 Å². The van der Waals surface area contributed by atoms with Gasteiger partial charge >= 0.3 is 0 Å². The molecule has 0 radical (unpaired) electrons. The molecule has 5 rings (SSSR count). The highest BCUT2D eigenvalue weighted by molar-refractivity contribution is 6.03. The highest BCUT2D eigenvalue weighted by Crippen LogP contribution is 2.48. The van der Waals surface area contributed by atoms with Crippen molar-refractivity contribution in [1.82, 2.24) is 16.0 Å². The highest BCUT2D eigenvalue weighted by Gasteiger charge is 2.32. The minimum Gasteiger partial charge on any atom is -0.355 e. The molecule has 184 valence electrons. The minimum atomic E-state index is -0.242. The number of rotatable bonds is 9. The van der Waals surface area contributed by atoms with Crippen LogP contribution in [-0.4, -0.2) is 37.4 Å². The fourth-order valence-electron chi connectivity index (χ4n) is 4.61. The fraction of sp³-hybridized carbons (Fsp3) is 0.464. The lowest BCUT2D eigenvalue weighted by atomic mass is 9.98. The number of amides is 2. The van der Waals surface area contributed by atoms with Crippen molar-refractivity contribution in [2.45, 2.75) is 57.8 Å². The van der Waals surface area contributed by atoms with Gasteiger partial charge in [-0.05, 0) is 91.3 Å². The van der Waals surface area contributed by atoms with Crippen LogP contribution in [0.2, 0.25) is 0 Å². The Bertz CT molecular complexity index is 1140. The van der Waals surface area contributed by atoms with Gasteiger partial charge < -0.3 is 21.3 Å². The lowest BCUT2D eigenvalue weighted by molar-refractivity contribution is 0.0949. The van der Waals surface area contributed by atoms with Crippen molar-refractivity contribution < 1.29 is 9.59 Å². The molecule has 3 fully saturated rings. The second-order valence-electron chi connectivity index (χ2n) is 10.3. The average Bonchev–Trinajstić information content (AvgIpc) is 3.78. The molecule has 0 atom stereocenters. The van der Waals surface area contributed by atoms with E-state index in [0.29, 0.717) is 35.8 Å². The number of guanidine groups is 1. The quantitative estimate of drug-likeness (QED) is 0.425. The standard InChI is InChI=1S/C28H35N5O2/c1-17(2)12-13-29-27(35)21-4-3-5-24(25(21)19-8-9-19)32-23-11-10-20(16-22(23)18-6-7-18)26(34)33-28-30-14-15-31-28/h3-5,10-11,16-19,32H,6-9,12-15H2,1-2H3,(H,29,35)(H2,30,31,33,34). The monoisotopic (exact) mass is 473 g/mol. The Morgan fingerprint density at radius 1 is 1.00 bits per heavy atom. The minimum absolute atomic E-state index is 0.00723. The van der Waals surface area contributed by atoms with Crippen molar-refractivity contribution in [1.29, 1.82) is 0 Å². The smallest absolute Gasteiger partial charge is 0.280 e. The molecule has 0 bridgehead atoms. The van der Waals surface area contributed by atoms with Crippen molar-refractivity contribution >= 4 is 29.1 Å². The summed E-state index contributed by atoms with van der Waals surface area (Å²) in [7, 11) is 0. The Hall–Kier alpha value is -3.35. The van der Waals surface area contributed by atoms with Crippen LogP contribution >= 0.6 is 0 Å². The van der Waals surface area contributed by atoms with Gasteiger partial charge in [0.25, 0.3) is 11.8 Å². The third-order valence-corrected chi connectivity index (χ3v) is 6.85. The van der Waals surface area contributed by atoms with Gasteiger partial charge in [0.1, 0.15) is 0 Å². The maximum atomic E-state index is 13.0. The Balaban J connectivity index is 1.40. The van der Waals surface area contributed by atoms with E-state index in [2.05, 4.69) is 46.2 Å². The number of nitrogens with zero attached hydrogens (tertiary/aromatic N) is 1. The maximum Gasteiger partial charge on any atom is 0.280 e. The zero-order valence-corrected chi connectivity index (χ0v) is 20.6. The first-order valence-electron chi connectivity index (χ1n) is 12.9. The van der Waals surface area contributed by atoms with Crippen LogP contribution in [0.25, 0.3) is 0 Å². The summed E-state index contributed by atoms with van der Waals surface area (Å²) >= 11 is 0. The van der Waals surface area contributed by atoms with E-state index < -0.39 is 0 Å². The Kier molecular flexibility index (Phi) is 6.75. The summed E-state index contributed by atoms with van der Waals surface area (Å²) in [5.74, 6) is 1.73. The number of aliphatic imine (C=N–C) groups is 1. The van der Waals surface area contributed by atoms with Crippen LogP contribution in [0, 0.1) is 5.92 Å². The predicted molar refractivity (Wildman–Crippen MR) is 140 cm³/mol. The normalized spacial score (nSPS) is 17.1. The second-order valence-corrected chi connectivity index (χ2v) is 10.3. The maximum absolute atomic E-state index is 13.0. The molecular formula is C28H35N5O2. The van der Waals surface area contributed by atoms with Crippen LogP contribution < -0.4 is 21.3 Å². The van der Waals surface area contributed by atoms with Gasteiger partial charge in [-0.2, -0.15) is 4.99 Å². The Morgan fingerprint density at radius 2 is 1.74 bits per heavy atom. The molecule has 4 N–H and O–H groups in total. The van der Waals surface area contributed by atoms with Crippen molar-refractivity contribution in [3.8, 4) is 0 Å². The molecule has 7 nitrogen and oxygen atoms in total. The van der Waals surface area contributed by atoms with Gasteiger partial charge in [-0.1, -0.05) is 19.9 Å². The molecule has 1 saturated heterocycles. The molecule has 7 heteroatoms. The van der Waals surface area contributed by atoms with Crippen LogP contribution in [0.5, 0.6) is 0 Å². The van der Waals surface area contributed by atoms with Gasteiger partial charge in [0, 0.05) is 42.1 Å². The number of carbonyl (C=O) groups excluding carboxylic acids is 2. The van der Waals surface area contributed by atoms with Crippen LogP contribution in [0.1, 0.15) is 89.6 Å². The van der Waals surface area contributed by atoms with Crippen molar-refractivity contribution in [2.24, 2.45) is 10.9 Å². The molecule has 3 aliphatic rings. The highest BCUT2D eigenvalue weighted by atomic mass is 16.2. The van der Waals surface area contributed by atoms with E-state index in [1.165, 1.54) is 0 Å². The number of hydrogen-bond acceptors (Lipinski definition) is 3. The van der Waals surface area contributed by atoms with Gasteiger partial charge in [-0.3, -0.25) is 9.59 Å². The molecular weight excluding hydrogens is 438 g/mol. The number of hydrogen-bond donors (Lipinski definition) is 4. The van der Waals surface area contributed by atoms with Gasteiger partial charge in [-0.25, -0.2) is 0 Å². The van der Waals surface area contributed by atoms with Crippen LogP contribution in [0.3, 0.4) is 0 Å². The molecule has 35 heavy (non-hydrogen) atoms. The van der Waals surface area contributed by atoms with Gasteiger partial charge in [-0.15, -0.1) is 0 Å². The third-order valence-electron chi connectivity index (χ3n) is 6.85. The summed E-state index contributed by atoms with van der Waals surface area (Å²) in [6.07, 6.45) is 5.43. The number of nitrogens with one attached hydrogen (secondary N) is 4. The van der Waals surface area contributed by atoms with Crippen molar-refractivity contribution in [2.75, 3.05) is 25.0 Å². The summed E-state index contributed by atoms with van der Waals surface area (Å²) < 4.78 is 0. The number of benzene rings is 2. The van der Waals surface area contributed by atoms with E-state index in [1.54, 1.807) is 0 Å². The first-order chi connectivity index (χ1) is 17.0. The predicted octanol–water partition coefficient (Wildman–Crippen LogP) is 4.65. The molecule has 0 unspecified atom stereocenters. The molecule has 0 spiro atoms. The van der Waals surface area contributed by atoms with E-state index in [-0.39, 0.29) is 11.8 Å². The van der Waals surface area contributed by atoms with E-state index in [0.717, 1.165) is 73.3 Å². The van der Waals surface area contributed by atoms with Gasteiger partial charge in [0.2, 0.25) is 0 Å². The number of anilines is 2. The Morgan fingerprint density at radius 3 is 2.43 bits per heavy atom. The van der Waals surface area contributed by atoms with Crippen molar-refractivity contribution in [3.05, 3.63) is 58.7 Å². The lowest BCUT2D eigenvalue weighted by Crippen LogP contribution is -2.26. The lowest BCUT2D eigenvalue weighted by Gasteiger charge is -2.18. The topological polar surface area (TPSA) is 94.6 Å². The second kappa shape index (κ2) is 10.1. The Labute approximate surface area is 207 Å². The summed E-state index contributed by atoms with van der Waals surface area (Å²) in [5, 5.41) is 12.9. The summed E-state index contributed by atoms with van der Waals surface area (Å²) in [6, 6.07) is 11.8. The van der Waals surface area contributed by atoms with Crippen LogP contribution in [-0.2, 0) is 0 Å². The molecule has 2 aromatic carbocycles. The van der Waals surface area contributed by atoms with Gasteiger partial charge in [0.05, 0.1) is 0 Å². The largest absolute Gasteiger partial charge is 0.355 e. The molecule has 2 aromatic rings. The number of carbonyl (C=O) groups is 2. The molecule has 1 aliphatic heterocycles. The van der Waals surface area contributed by atoms with Gasteiger partial charge in [0.15, 0.2) is 5.96 Å². The molecule has 1 heterocycles. The van der Waals surface area contributed by atoms with Crippen molar-refractivity contribution in [3.63, 3.8) is 0 Å². The average molecular weight is 474 g/mol. The third kappa shape index (κ3) is 5.66. The SMILES string of the molecule is CC(C)CCNC(=O)c1cccc(Nc2ccc(C(=O)N=C3NCCN3)cc2C2CC2)c1C1CC1. The first kappa shape index (κ1) is 23.4. The summed E-state index contributed by atoms with van der Waals surface area (Å²) in [5.41, 5.74) is 5.63. The first-order valence-corrected chi connectivity index (χ1v) is 12.9. The molecule has 2 saturated carbocycles. The molecule has 0 aromatic heterocycles.